The molecule has 0 spiro atoms. The molecule has 0 aliphatic heterocycles. The standard InChI is InChI=1S/C21H22N5O.Ir/c1-12(2)15-8-6-9-16(13(3)4)20(15)26-21(23-24-25-26)17-10-7-11-18-19(17)22-14(5)27-18;/h6-9,11-13H,1-5H3;/q-1;. The van der Waals surface area contributed by atoms with Crippen LogP contribution < -0.4 is 0 Å². The molecule has 4 aromatic rings. The Hall–Kier alpha value is -2.37. The van der Waals surface area contributed by atoms with E-state index in [2.05, 4.69) is 72.5 Å². The molecule has 0 aliphatic rings. The van der Waals surface area contributed by atoms with Crippen LogP contribution in [0.3, 0.4) is 0 Å². The maximum Gasteiger partial charge on any atom is 0.180 e. The molecule has 28 heavy (non-hydrogen) atoms. The van der Waals surface area contributed by atoms with Crippen LogP contribution in [0.4, 0.5) is 0 Å². The van der Waals surface area contributed by atoms with Crippen molar-refractivity contribution in [2.45, 2.75) is 46.5 Å². The van der Waals surface area contributed by atoms with Crippen LogP contribution in [0.2, 0.25) is 0 Å². The first-order valence-corrected chi connectivity index (χ1v) is 9.17. The molecule has 1 radical (unpaired) electrons. The largest absolute Gasteiger partial charge is 0.461 e. The molecule has 2 heterocycles. The molecule has 0 amide bonds. The second-order valence-electron chi connectivity index (χ2n) is 7.31. The third kappa shape index (κ3) is 3.40. The quantitative estimate of drug-likeness (QED) is 0.340. The van der Waals surface area contributed by atoms with E-state index in [4.69, 9.17) is 4.42 Å². The van der Waals surface area contributed by atoms with Gasteiger partial charge < -0.3 is 4.42 Å². The van der Waals surface area contributed by atoms with Crippen molar-refractivity contribution in [2.24, 2.45) is 0 Å². The van der Waals surface area contributed by atoms with Gasteiger partial charge in [-0.05, 0) is 33.4 Å². The summed E-state index contributed by atoms with van der Waals surface area (Å²) in [7, 11) is 0. The Balaban J connectivity index is 0.00000225. The molecule has 6 nitrogen and oxygen atoms in total. The van der Waals surface area contributed by atoms with Gasteiger partial charge in [-0.3, -0.25) is 4.98 Å². The normalized spacial score (nSPS) is 11.4. The molecule has 0 saturated heterocycles. The van der Waals surface area contributed by atoms with E-state index in [0.717, 1.165) is 16.8 Å². The minimum atomic E-state index is 0. The number of aryl methyl sites for hydroxylation is 1. The summed E-state index contributed by atoms with van der Waals surface area (Å²) in [6, 6.07) is 13.3. The zero-order valence-corrected chi connectivity index (χ0v) is 18.9. The van der Waals surface area contributed by atoms with Gasteiger partial charge in [-0.2, -0.15) is 5.10 Å². The summed E-state index contributed by atoms with van der Waals surface area (Å²) in [5.74, 6) is 1.90. The molecule has 4 rings (SSSR count). The van der Waals surface area contributed by atoms with Crippen LogP contribution in [0.1, 0.15) is 56.5 Å². The van der Waals surface area contributed by atoms with E-state index < -0.39 is 0 Å². The fourth-order valence-corrected chi connectivity index (χ4v) is 3.42. The number of rotatable bonds is 4. The number of oxazole rings is 1. The second kappa shape index (κ2) is 7.94. The van der Waals surface area contributed by atoms with E-state index in [1.54, 1.807) is 0 Å². The van der Waals surface area contributed by atoms with Crippen molar-refractivity contribution in [3.8, 4) is 17.1 Å². The van der Waals surface area contributed by atoms with Crippen molar-refractivity contribution >= 4 is 11.1 Å². The van der Waals surface area contributed by atoms with Crippen molar-refractivity contribution in [3.05, 3.63) is 53.4 Å². The van der Waals surface area contributed by atoms with Gasteiger partial charge in [0.1, 0.15) is 5.82 Å². The summed E-state index contributed by atoms with van der Waals surface area (Å²) >= 11 is 0. The molecule has 0 atom stereocenters. The SMILES string of the molecule is Cc1nc2c(-c3nnnn3-c3c(C(C)C)cccc3C(C)C)[c-]ccc2o1.[Ir]. The average molecular weight is 553 g/mol. The summed E-state index contributed by atoms with van der Waals surface area (Å²) in [6.45, 7) is 10.6. The Labute approximate surface area is 177 Å². The summed E-state index contributed by atoms with van der Waals surface area (Å²) in [6.07, 6.45) is 0. The van der Waals surface area contributed by atoms with Gasteiger partial charge in [0.05, 0.1) is 11.3 Å². The first kappa shape index (κ1) is 20.4. The van der Waals surface area contributed by atoms with Gasteiger partial charge >= 0.3 is 0 Å². The number of tetrazole rings is 1. The number of para-hydroxylation sites is 1. The van der Waals surface area contributed by atoms with Gasteiger partial charge in [0.15, 0.2) is 5.89 Å². The molecule has 7 heteroatoms. The number of benzene rings is 2. The Morgan fingerprint density at radius 1 is 1.04 bits per heavy atom. The van der Waals surface area contributed by atoms with Crippen LogP contribution in [-0.4, -0.2) is 25.2 Å². The zero-order chi connectivity index (χ0) is 19.1. The molecule has 0 unspecified atom stereocenters. The molecular weight excluding hydrogens is 530 g/mol. The Kier molecular flexibility index (Phi) is 5.77. The van der Waals surface area contributed by atoms with Crippen molar-refractivity contribution in [2.75, 3.05) is 0 Å². The first-order valence-electron chi connectivity index (χ1n) is 9.17. The molecule has 0 saturated carbocycles. The van der Waals surface area contributed by atoms with Gasteiger partial charge in [0, 0.05) is 32.5 Å². The van der Waals surface area contributed by atoms with Crippen LogP contribution in [0, 0.1) is 13.0 Å². The Morgan fingerprint density at radius 2 is 1.71 bits per heavy atom. The van der Waals surface area contributed by atoms with Crippen LogP contribution >= 0.6 is 0 Å². The third-order valence-electron chi connectivity index (χ3n) is 4.71. The van der Waals surface area contributed by atoms with E-state index in [1.807, 2.05) is 23.7 Å². The molecule has 0 aliphatic carbocycles. The van der Waals surface area contributed by atoms with E-state index in [1.165, 1.54) is 11.1 Å². The Bertz CT molecular complexity index is 1090. The third-order valence-corrected chi connectivity index (χ3v) is 4.71. The molecule has 2 aromatic carbocycles. The molecular formula is C21H22IrN5O-. The first-order chi connectivity index (χ1) is 13.0. The van der Waals surface area contributed by atoms with E-state index in [-0.39, 0.29) is 20.1 Å². The monoisotopic (exact) mass is 553 g/mol. The van der Waals surface area contributed by atoms with Crippen molar-refractivity contribution in [1.29, 1.82) is 0 Å². The Morgan fingerprint density at radius 3 is 2.36 bits per heavy atom. The predicted octanol–water partition coefficient (Wildman–Crippen LogP) is 4.82. The minimum Gasteiger partial charge on any atom is -0.461 e. The molecule has 147 valence electrons. The van der Waals surface area contributed by atoms with Crippen LogP contribution in [-0.2, 0) is 20.1 Å². The average Bonchev–Trinajstić information content (AvgIpc) is 3.25. The van der Waals surface area contributed by atoms with Crippen molar-refractivity contribution < 1.29 is 24.5 Å². The van der Waals surface area contributed by atoms with Gasteiger partial charge in [0.2, 0.25) is 0 Å². The molecule has 2 aromatic heterocycles. The van der Waals surface area contributed by atoms with Gasteiger partial charge in [-0.1, -0.05) is 57.5 Å². The summed E-state index contributed by atoms with van der Waals surface area (Å²) in [4.78, 5) is 4.51. The number of aromatic nitrogens is 5. The fraction of sp³-hybridized carbons (Fsp3) is 0.333. The number of nitrogens with zero attached hydrogens (tertiary/aromatic N) is 5. The molecule has 0 fully saturated rings. The van der Waals surface area contributed by atoms with Crippen LogP contribution in [0.5, 0.6) is 0 Å². The minimum absolute atomic E-state index is 0. The van der Waals surface area contributed by atoms with Gasteiger partial charge in [0.25, 0.3) is 0 Å². The summed E-state index contributed by atoms with van der Waals surface area (Å²) in [5, 5.41) is 12.6. The zero-order valence-electron chi connectivity index (χ0n) is 16.5. The summed E-state index contributed by atoms with van der Waals surface area (Å²) in [5.41, 5.74) is 5.61. The van der Waals surface area contributed by atoms with E-state index in [9.17, 15) is 0 Å². The van der Waals surface area contributed by atoms with Crippen LogP contribution in [0.15, 0.2) is 34.7 Å². The fourth-order valence-electron chi connectivity index (χ4n) is 3.42. The topological polar surface area (TPSA) is 69.6 Å². The maximum atomic E-state index is 5.67. The van der Waals surface area contributed by atoms with Crippen molar-refractivity contribution in [3.63, 3.8) is 0 Å². The maximum absolute atomic E-state index is 5.67. The number of fused-ring (bicyclic) bond motifs is 1. The van der Waals surface area contributed by atoms with Gasteiger partial charge in [-0.15, -0.1) is 12.1 Å². The van der Waals surface area contributed by atoms with Crippen LogP contribution in [0.25, 0.3) is 28.2 Å². The predicted molar refractivity (Wildman–Crippen MR) is 104 cm³/mol. The van der Waals surface area contributed by atoms with E-state index in [0.29, 0.717) is 29.1 Å². The number of hydrogen-bond acceptors (Lipinski definition) is 5. The van der Waals surface area contributed by atoms with E-state index >= 15 is 0 Å². The smallest absolute Gasteiger partial charge is 0.180 e. The number of hydrogen-bond donors (Lipinski definition) is 0. The second-order valence-corrected chi connectivity index (χ2v) is 7.31. The van der Waals surface area contributed by atoms with Gasteiger partial charge in [-0.25, -0.2) is 4.68 Å². The summed E-state index contributed by atoms with van der Waals surface area (Å²) < 4.78 is 7.49. The van der Waals surface area contributed by atoms with Crippen molar-refractivity contribution in [1.82, 2.24) is 25.2 Å². The molecule has 0 bridgehead atoms. The molecule has 0 N–H and O–H groups in total.